The highest BCUT2D eigenvalue weighted by Gasteiger charge is 2.22. The summed E-state index contributed by atoms with van der Waals surface area (Å²) < 4.78 is 41.6. The van der Waals surface area contributed by atoms with E-state index in [0.717, 1.165) is 10.6 Å². The van der Waals surface area contributed by atoms with Gasteiger partial charge >= 0.3 is 0 Å². The predicted molar refractivity (Wildman–Crippen MR) is 113 cm³/mol. The topological polar surface area (TPSA) is 94.2 Å². The Morgan fingerprint density at radius 3 is 2.34 bits per heavy atom. The number of carbonyl (C=O) groups excluding carboxylic acids is 1. The van der Waals surface area contributed by atoms with Crippen molar-refractivity contribution in [1.82, 2.24) is 0 Å². The Bertz CT molecular complexity index is 959. The third-order valence-corrected chi connectivity index (χ3v) is 4.97. The van der Waals surface area contributed by atoms with E-state index in [1.54, 1.807) is 42.5 Å². The van der Waals surface area contributed by atoms with Gasteiger partial charge in [0.15, 0.2) is 11.5 Å². The second-order valence-electron chi connectivity index (χ2n) is 6.55. The number of carbonyl (C=O) groups is 1. The fourth-order valence-electron chi connectivity index (χ4n) is 2.63. The van der Waals surface area contributed by atoms with Crippen molar-refractivity contribution in [2.24, 2.45) is 0 Å². The van der Waals surface area contributed by atoms with E-state index in [0.29, 0.717) is 28.6 Å². The van der Waals surface area contributed by atoms with E-state index >= 15 is 0 Å². The maximum atomic E-state index is 12.5. The van der Waals surface area contributed by atoms with E-state index in [9.17, 15) is 13.2 Å². The summed E-state index contributed by atoms with van der Waals surface area (Å²) in [6.07, 6.45) is 0.984. The maximum Gasteiger partial charge on any atom is 0.245 e. The zero-order valence-corrected chi connectivity index (χ0v) is 17.9. The summed E-state index contributed by atoms with van der Waals surface area (Å²) >= 11 is 0. The minimum absolute atomic E-state index is 0.0646. The summed E-state index contributed by atoms with van der Waals surface area (Å²) in [4.78, 5) is 12.5. The van der Waals surface area contributed by atoms with Crippen LogP contribution in [0.3, 0.4) is 0 Å². The number of methoxy groups -OCH3 is 2. The quantitative estimate of drug-likeness (QED) is 0.668. The predicted octanol–water partition coefficient (Wildman–Crippen LogP) is 2.90. The number of nitrogens with one attached hydrogen (secondary N) is 1. The van der Waals surface area contributed by atoms with Crippen LogP contribution in [0.4, 0.5) is 11.4 Å². The van der Waals surface area contributed by atoms with Crippen LogP contribution in [0, 0.1) is 0 Å². The molecule has 0 saturated carbocycles. The maximum absolute atomic E-state index is 12.5. The van der Waals surface area contributed by atoms with Crippen molar-refractivity contribution >= 4 is 27.3 Å². The Morgan fingerprint density at radius 1 is 1.07 bits per heavy atom. The van der Waals surface area contributed by atoms with Gasteiger partial charge in [0.2, 0.25) is 15.9 Å². The van der Waals surface area contributed by atoms with Crippen LogP contribution >= 0.6 is 0 Å². The van der Waals surface area contributed by atoms with Crippen molar-refractivity contribution < 1.29 is 27.4 Å². The summed E-state index contributed by atoms with van der Waals surface area (Å²) in [5.41, 5.74) is 0.797. The van der Waals surface area contributed by atoms with E-state index in [4.69, 9.17) is 14.2 Å². The molecule has 8 nitrogen and oxygen atoms in total. The number of sulfonamides is 1. The van der Waals surface area contributed by atoms with E-state index in [1.807, 2.05) is 13.8 Å². The molecule has 1 amide bonds. The summed E-state index contributed by atoms with van der Waals surface area (Å²) in [6.45, 7) is 3.35. The van der Waals surface area contributed by atoms with Crippen LogP contribution in [0.5, 0.6) is 17.2 Å². The number of rotatable bonds is 9. The van der Waals surface area contributed by atoms with Crippen molar-refractivity contribution in [2.75, 3.05) is 36.6 Å². The minimum Gasteiger partial charge on any atom is -0.493 e. The van der Waals surface area contributed by atoms with Crippen LogP contribution in [-0.2, 0) is 14.8 Å². The molecule has 0 aromatic heterocycles. The van der Waals surface area contributed by atoms with E-state index in [1.165, 1.54) is 14.2 Å². The molecule has 2 rings (SSSR count). The molecule has 0 aliphatic carbocycles. The molecule has 0 spiro atoms. The highest BCUT2D eigenvalue weighted by molar-refractivity contribution is 7.92. The van der Waals surface area contributed by atoms with Crippen molar-refractivity contribution in [3.63, 3.8) is 0 Å². The Kier molecular flexibility index (Phi) is 7.33. The average Bonchev–Trinajstić information content (AvgIpc) is 2.64. The first-order valence-corrected chi connectivity index (χ1v) is 10.7. The first kappa shape index (κ1) is 22.4. The molecule has 158 valence electrons. The number of hydrogen-bond acceptors (Lipinski definition) is 6. The number of nitrogens with zero attached hydrogens (tertiary/aromatic N) is 1. The first-order valence-electron chi connectivity index (χ1n) is 8.90. The van der Waals surface area contributed by atoms with Crippen LogP contribution in [0.25, 0.3) is 0 Å². The molecular weight excluding hydrogens is 396 g/mol. The third-order valence-electron chi connectivity index (χ3n) is 3.83. The lowest BCUT2D eigenvalue weighted by molar-refractivity contribution is -0.114. The normalized spacial score (nSPS) is 11.1. The number of hydrogen-bond donors (Lipinski definition) is 1. The lowest BCUT2D eigenvalue weighted by Gasteiger charge is -2.23. The molecule has 0 atom stereocenters. The molecule has 0 radical (unpaired) electrons. The molecule has 0 aliphatic heterocycles. The van der Waals surface area contributed by atoms with Crippen molar-refractivity contribution in [2.45, 2.75) is 20.0 Å². The Hall–Kier alpha value is -2.94. The fraction of sp³-hybridized carbons (Fsp3) is 0.350. The van der Waals surface area contributed by atoms with E-state index in [-0.39, 0.29) is 6.10 Å². The van der Waals surface area contributed by atoms with Gasteiger partial charge in [-0.05, 0) is 38.1 Å². The third kappa shape index (κ3) is 6.28. The monoisotopic (exact) mass is 422 g/mol. The van der Waals surface area contributed by atoms with E-state index < -0.39 is 22.5 Å². The van der Waals surface area contributed by atoms with Gasteiger partial charge in [-0.15, -0.1) is 0 Å². The number of amides is 1. The SMILES string of the molecule is COc1ccc(NC(=O)CN(c2cccc(OC(C)C)c2)S(C)(=O)=O)cc1OC. The van der Waals surface area contributed by atoms with Gasteiger partial charge in [0.25, 0.3) is 0 Å². The van der Waals surface area contributed by atoms with Crippen LogP contribution < -0.4 is 23.8 Å². The minimum atomic E-state index is -3.70. The Morgan fingerprint density at radius 2 is 1.76 bits per heavy atom. The van der Waals surface area contributed by atoms with Gasteiger partial charge in [-0.2, -0.15) is 0 Å². The molecule has 1 N–H and O–H groups in total. The number of anilines is 2. The molecule has 9 heteroatoms. The molecule has 0 fully saturated rings. The van der Waals surface area contributed by atoms with Gasteiger partial charge in [-0.25, -0.2) is 8.42 Å². The van der Waals surface area contributed by atoms with Gasteiger partial charge in [0.1, 0.15) is 12.3 Å². The van der Waals surface area contributed by atoms with Gasteiger partial charge < -0.3 is 19.5 Å². The van der Waals surface area contributed by atoms with E-state index in [2.05, 4.69) is 5.32 Å². The average molecular weight is 423 g/mol. The van der Waals surface area contributed by atoms with Gasteiger partial charge in [-0.1, -0.05) is 6.07 Å². The molecule has 0 aliphatic rings. The Balaban J connectivity index is 2.22. The fourth-order valence-corrected chi connectivity index (χ4v) is 3.48. The van der Waals surface area contributed by atoms with Crippen molar-refractivity contribution in [3.05, 3.63) is 42.5 Å². The summed E-state index contributed by atoms with van der Waals surface area (Å²) in [6, 6.07) is 11.5. The molecule has 0 unspecified atom stereocenters. The Labute approximate surface area is 171 Å². The summed E-state index contributed by atoms with van der Waals surface area (Å²) in [5, 5.41) is 2.68. The molecule has 2 aromatic carbocycles. The van der Waals surface area contributed by atoms with Crippen LogP contribution in [0.1, 0.15) is 13.8 Å². The standard InChI is InChI=1S/C20H26N2O6S/c1-14(2)28-17-8-6-7-16(12-17)22(29(5,24)25)13-20(23)21-15-9-10-18(26-3)19(11-15)27-4/h6-12,14H,13H2,1-5H3,(H,21,23). The highest BCUT2D eigenvalue weighted by atomic mass is 32.2. The van der Waals surface area contributed by atoms with Crippen LogP contribution in [-0.4, -0.2) is 47.4 Å². The lowest BCUT2D eigenvalue weighted by Crippen LogP contribution is -2.37. The molecule has 2 aromatic rings. The van der Waals surface area contributed by atoms with Crippen molar-refractivity contribution in [1.29, 1.82) is 0 Å². The second kappa shape index (κ2) is 9.51. The van der Waals surface area contributed by atoms with Gasteiger partial charge in [-0.3, -0.25) is 9.10 Å². The number of benzene rings is 2. The molecule has 0 bridgehead atoms. The van der Waals surface area contributed by atoms with Gasteiger partial charge in [0, 0.05) is 17.8 Å². The highest BCUT2D eigenvalue weighted by Crippen LogP contribution is 2.30. The lowest BCUT2D eigenvalue weighted by atomic mass is 10.2. The van der Waals surface area contributed by atoms with Crippen LogP contribution in [0.2, 0.25) is 0 Å². The molecule has 29 heavy (non-hydrogen) atoms. The molecule has 0 saturated heterocycles. The summed E-state index contributed by atoms with van der Waals surface area (Å²) in [7, 11) is -0.703. The zero-order valence-electron chi connectivity index (χ0n) is 17.1. The molecular formula is C20H26N2O6S. The smallest absolute Gasteiger partial charge is 0.245 e. The first-order chi connectivity index (χ1) is 13.6. The van der Waals surface area contributed by atoms with Crippen LogP contribution in [0.15, 0.2) is 42.5 Å². The largest absolute Gasteiger partial charge is 0.493 e. The second-order valence-corrected chi connectivity index (χ2v) is 8.46. The number of ether oxygens (including phenoxy) is 3. The van der Waals surface area contributed by atoms with Gasteiger partial charge in [0.05, 0.1) is 32.3 Å². The zero-order chi connectivity index (χ0) is 21.6. The molecule has 0 heterocycles. The van der Waals surface area contributed by atoms with Crippen molar-refractivity contribution in [3.8, 4) is 17.2 Å². The summed E-state index contributed by atoms with van der Waals surface area (Å²) in [5.74, 6) is 0.985.